The molecule has 0 unspecified atom stereocenters. The van der Waals surface area contributed by atoms with Crippen molar-refractivity contribution in [3.8, 4) is 22.6 Å². The maximum absolute atomic E-state index is 5.85. The molecule has 1 aliphatic carbocycles. The van der Waals surface area contributed by atoms with Gasteiger partial charge in [0.05, 0.1) is 5.69 Å². The van der Waals surface area contributed by atoms with E-state index >= 15 is 0 Å². The first-order valence-corrected chi connectivity index (χ1v) is 12.4. The van der Waals surface area contributed by atoms with Gasteiger partial charge in [-0.05, 0) is 54.4 Å². The summed E-state index contributed by atoms with van der Waals surface area (Å²) < 4.78 is 7.67. The van der Waals surface area contributed by atoms with Crippen LogP contribution < -0.4 is 16.2 Å². The van der Waals surface area contributed by atoms with Crippen LogP contribution in [0.5, 0.6) is 5.75 Å². The Balaban J connectivity index is 0.000000351. The van der Waals surface area contributed by atoms with E-state index in [9.17, 15) is 0 Å². The van der Waals surface area contributed by atoms with E-state index in [0.717, 1.165) is 34.2 Å². The number of rotatable bonds is 1. The van der Waals surface area contributed by atoms with Gasteiger partial charge in [0.2, 0.25) is 0 Å². The molecule has 5 heteroatoms. The highest BCUT2D eigenvalue weighted by molar-refractivity contribution is 5.77. The van der Waals surface area contributed by atoms with Crippen molar-refractivity contribution in [3.05, 3.63) is 60.4 Å². The molecule has 33 heavy (non-hydrogen) atoms. The summed E-state index contributed by atoms with van der Waals surface area (Å²) in [6.45, 7) is 6.95. The molecule has 0 saturated heterocycles. The Labute approximate surface area is 201 Å². The zero-order chi connectivity index (χ0) is 24.1. The second-order valence-electron chi connectivity index (χ2n) is 8.29. The molecule has 0 spiro atoms. The Morgan fingerprint density at radius 1 is 0.939 bits per heavy atom. The second kappa shape index (κ2) is 14.4. The molecule has 0 radical (unpaired) electrons. The van der Waals surface area contributed by atoms with Gasteiger partial charge in [-0.3, -0.25) is 0 Å². The van der Waals surface area contributed by atoms with Gasteiger partial charge in [-0.2, -0.15) is 5.10 Å². The fraction of sp³-hybridized carbons (Fsp3) is 0.464. The van der Waals surface area contributed by atoms with Crippen LogP contribution in [0, 0.1) is 5.92 Å². The summed E-state index contributed by atoms with van der Waals surface area (Å²) in [6.07, 6.45) is 14.1. The normalized spacial score (nSPS) is 14.7. The van der Waals surface area contributed by atoms with Gasteiger partial charge in [0.1, 0.15) is 12.4 Å². The fourth-order valence-electron chi connectivity index (χ4n) is 4.23. The van der Waals surface area contributed by atoms with Gasteiger partial charge < -0.3 is 16.2 Å². The average Bonchev–Trinajstić information content (AvgIpc) is 3.39. The molecule has 3 aromatic rings. The maximum Gasteiger partial charge on any atom is 0.129 e. The lowest BCUT2D eigenvalue weighted by Crippen LogP contribution is -2.07. The van der Waals surface area contributed by atoms with Crippen LogP contribution >= 0.6 is 0 Å². The van der Waals surface area contributed by atoms with Crippen molar-refractivity contribution in [2.45, 2.75) is 72.3 Å². The summed E-state index contributed by atoms with van der Waals surface area (Å²) in [6, 6.07) is 14.0. The second-order valence-corrected chi connectivity index (χ2v) is 8.29. The van der Waals surface area contributed by atoms with E-state index in [2.05, 4.69) is 29.9 Å². The highest BCUT2D eigenvalue weighted by Gasteiger charge is 2.18. The van der Waals surface area contributed by atoms with Gasteiger partial charge in [-0.1, -0.05) is 71.8 Å². The zero-order valence-electron chi connectivity index (χ0n) is 20.9. The number of benzene rings is 2. The minimum absolute atomic E-state index is 0. The van der Waals surface area contributed by atoms with Crippen LogP contribution in [0.2, 0.25) is 0 Å². The minimum Gasteiger partial charge on any atom is -0.488 e. The molecular formula is C28H44N4O. The van der Waals surface area contributed by atoms with E-state index in [1.54, 1.807) is 6.20 Å². The predicted molar refractivity (Wildman–Crippen MR) is 143 cm³/mol. The van der Waals surface area contributed by atoms with E-state index in [4.69, 9.17) is 10.5 Å². The van der Waals surface area contributed by atoms with E-state index in [-0.39, 0.29) is 1.43 Å². The fourth-order valence-corrected chi connectivity index (χ4v) is 4.23. The summed E-state index contributed by atoms with van der Waals surface area (Å²) >= 11 is 0. The van der Waals surface area contributed by atoms with Crippen molar-refractivity contribution in [2.24, 2.45) is 11.7 Å². The third kappa shape index (κ3) is 7.64. The van der Waals surface area contributed by atoms with Crippen LogP contribution in [0.25, 0.3) is 16.8 Å². The number of anilines is 1. The Bertz CT molecular complexity index is 936. The average molecular weight is 453 g/mol. The molecule has 1 aliphatic heterocycles. The molecule has 1 saturated carbocycles. The lowest BCUT2D eigenvalue weighted by Gasteiger charge is -2.21. The summed E-state index contributed by atoms with van der Waals surface area (Å²) in [5.74, 6) is 1.90. The molecule has 2 heterocycles. The molecular weight excluding hydrogens is 408 g/mol. The molecule has 182 valence electrons. The largest absolute Gasteiger partial charge is 0.488 e. The zero-order valence-corrected chi connectivity index (χ0v) is 20.9. The number of aromatic nitrogens is 2. The van der Waals surface area contributed by atoms with Crippen molar-refractivity contribution in [2.75, 3.05) is 12.8 Å². The van der Waals surface area contributed by atoms with Crippen molar-refractivity contribution in [3.63, 3.8) is 0 Å². The van der Waals surface area contributed by atoms with E-state index in [0.29, 0.717) is 6.61 Å². The Kier molecular flexibility index (Phi) is 11.5. The van der Waals surface area contributed by atoms with Crippen LogP contribution in [-0.2, 0) is 6.61 Å². The Morgan fingerprint density at radius 2 is 1.61 bits per heavy atom. The molecule has 1 aromatic heterocycles. The molecule has 1 fully saturated rings. The number of fused-ring (bicyclic) bond motifs is 3. The van der Waals surface area contributed by atoms with E-state index < -0.39 is 0 Å². The minimum atomic E-state index is 0. The molecule has 0 amide bonds. The summed E-state index contributed by atoms with van der Waals surface area (Å²) in [7, 11) is 1.50. The summed E-state index contributed by atoms with van der Waals surface area (Å²) in [4.78, 5) is 0. The number of nitrogen functional groups attached to an aromatic ring is 1. The first-order valence-electron chi connectivity index (χ1n) is 12.4. The van der Waals surface area contributed by atoms with Crippen molar-refractivity contribution in [1.29, 1.82) is 0 Å². The van der Waals surface area contributed by atoms with Crippen LogP contribution in [-0.4, -0.2) is 16.8 Å². The topological polar surface area (TPSA) is 79.1 Å². The van der Waals surface area contributed by atoms with Crippen LogP contribution in [0.1, 0.15) is 72.7 Å². The number of hydrogen-bond donors (Lipinski definition) is 2. The highest BCUT2D eigenvalue weighted by atomic mass is 16.5. The summed E-state index contributed by atoms with van der Waals surface area (Å²) in [5, 5.41) is 4.24. The van der Waals surface area contributed by atoms with E-state index in [1.807, 2.05) is 55.1 Å². The standard InChI is InChI=1S/C16H13N3O.C9H18.C2H6.CH5N.H2/c17-12-2-4-14-11(8-12)10-20-16-9-13(3-5-15(14)16)19-7-1-6-18-19;1-9-7-5-3-2-4-6-8-9;2*1-2;/h1-9H,10,17H2;9H,2-8H2,1H3;1-2H3;2H2,1H3;1H. The molecule has 5 rings (SSSR count). The SMILES string of the molecule is CC.CC1CCCCCCC1.CN.Nc1ccc2c(c1)COc1cc(-n3cccn3)ccc1-2.[HH]. The van der Waals surface area contributed by atoms with Crippen LogP contribution in [0.15, 0.2) is 54.9 Å². The number of hydrogen-bond acceptors (Lipinski definition) is 4. The van der Waals surface area contributed by atoms with Gasteiger partial charge in [-0.25, -0.2) is 4.68 Å². The smallest absolute Gasteiger partial charge is 0.129 e. The monoisotopic (exact) mass is 452 g/mol. The molecule has 5 nitrogen and oxygen atoms in total. The third-order valence-electron chi connectivity index (χ3n) is 5.93. The molecule has 2 aliphatic rings. The summed E-state index contributed by atoms with van der Waals surface area (Å²) in [5.41, 5.74) is 15.5. The van der Waals surface area contributed by atoms with Gasteiger partial charge in [0.25, 0.3) is 0 Å². The molecule has 0 bridgehead atoms. The number of ether oxygens (including phenoxy) is 1. The number of nitrogens with two attached hydrogens (primary N) is 2. The van der Waals surface area contributed by atoms with Gasteiger partial charge in [-0.15, -0.1) is 0 Å². The first kappa shape index (κ1) is 26.5. The molecule has 0 atom stereocenters. The lowest BCUT2D eigenvalue weighted by atomic mass is 9.93. The quantitative estimate of drug-likeness (QED) is 0.382. The highest BCUT2D eigenvalue weighted by Crippen LogP contribution is 2.39. The third-order valence-corrected chi connectivity index (χ3v) is 5.93. The maximum atomic E-state index is 5.85. The van der Waals surface area contributed by atoms with Crippen molar-refractivity contribution < 1.29 is 6.16 Å². The van der Waals surface area contributed by atoms with Crippen LogP contribution in [0.3, 0.4) is 0 Å². The van der Waals surface area contributed by atoms with Gasteiger partial charge in [0.15, 0.2) is 0 Å². The lowest BCUT2D eigenvalue weighted by molar-refractivity contribution is 0.302. The molecule has 2 aromatic carbocycles. The van der Waals surface area contributed by atoms with Crippen LogP contribution in [0.4, 0.5) is 5.69 Å². The van der Waals surface area contributed by atoms with E-state index in [1.165, 1.54) is 57.6 Å². The van der Waals surface area contributed by atoms with Gasteiger partial charge >= 0.3 is 0 Å². The first-order chi connectivity index (χ1) is 16.2. The predicted octanol–water partition coefficient (Wildman–Crippen LogP) is 7.23. The van der Waals surface area contributed by atoms with Crippen molar-refractivity contribution in [1.82, 2.24) is 9.78 Å². The Hall–Kier alpha value is -2.79. The van der Waals surface area contributed by atoms with Crippen molar-refractivity contribution >= 4 is 5.69 Å². The number of nitrogens with zero attached hydrogens (tertiary/aromatic N) is 2. The molecule has 4 N–H and O–H groups in total. The Morgan fingerprint density at radius 3 is 2.27 bits per heavy atom. The van der Waals surface area contributed by atoms with Gasteiger partial charge in [0, 0.05) is 31.1 Å².